The lowest BCUT2D eigenvalue weighted by molar-refractivity contribution is -0.139. The van der Waals surface area contributed by atoms with Gasteiger partial charge in [0.15, 0.2) is 0 Å². The zero-order chi connectivity index (χ0) is 27.9. The first-order chi connectivity index (χ1) is 18.0. The number of anilines is 1. The third kappa shape index (κ3) is 7.45. The summed E-state index contributed by atoms with van der Waals surface area (Å²) in [5, 5.41) is 2.93. The maximum absolute atomic E-state index is 13.9. The van der Waals surface area contributed by atoms with E-state index in [0.29, 0.717) is 5.69 Å². The number of hydrogen-bond acceptors (Lipinski definition) is 4. The molecule has 0 radical (unpaired) electrons. The molecule has 0 saturated carbocycles. The minimum atomic E-state index is -4.06. The molecule has 0 bridgehead atoms. The van der Waals surface area contributed by atoms with Crippen LogP contribution in [0.15, 0.2) is 88.2 Å². The summed E-state index contributed by atoms with van der Waals surface area (Å²) in [5.41, 5.74) is 2.15. The summed E-state index contributed by atoms with van der Waals surface area (Å²) >= 11 is 3.42. The van der Waals surface area contributed by atoms with Gasteiger partial charge in [-0.1, -0.05) is 70.9 Å². The average Bonchev–Trinajstić information content (AvgIpc) is 2.91. The Hall–Kier alpha value is -3.17. The van der Waals surface area contributed by atoms with Gasteiger partial charge in [0.1, 0.15) is 12.6 Å². The molecule has 0 saturated heterocycles. The summed E-state index contributed by atoms with van der Waals surface area (Å²) in [6.07, 6.45) is 0.746. The van der Waals surface area contributed by atoms with Crippen LogP contribution in [0.5, 0.6) is 0 Å². The molecule has 3 aromatic carbocycles. The molecule has 0 spiro atoms. The van der Waals surface area contributed by atoms with E-state index >= 15 is 0 Å². The van der Waals surface area contributed by atoms with Gasteiger partial charge in [0.2, 0.25) is 11.8 Å². The highest BCUT2D eigenvalue weighted by molar-refractivity contribution is 9.10. The number of hydrogen-bond donors (Lipinski definition) is 1. The fraction of sp³-hybridized carbons (Fsp3) is 0.310. The zero-order valence-corrected chi connectivity index (χ0v) is 24.5. The molecule has 2 amide bonds. The Morgan fingerprint density at radius 3 is 2.11 bits per heavy atom. The lowest BCUT2D eigenvalue weighted by Gasteiger charge is -2.32. The topological polar surface area (TPSA) is 86.8 Å². The Balaban J connectivity index is 2.00. The van der Waals surface area contributed by atoms with Crippen LogP contribution in [-0.2, 0) is 26.2 Å². The van der Waals surface area contributed by atoms with Gasteiger partial charge in [-0.3, -0.25) is 13.9 Å². The predicted octanol–water partition coefficient (Wildman–Crippen LogP) is 5.28. The SMILES string of the molecule is CC[C@@H](C)NC(=O)[C@H](C)N(Cc1ccc(Br)cc1)C(=O)CN(c1ccc(C)cc1)S(=O)(=O)c1ccccc1. The predicted molar refractivity (Wildman–Crippen MR) is 154 cm³/mol. The number of aryl methyl sites for hydroxylation is 1. The van der Waals surface area contributed by atoms with Gasteiger partial charge < -0.3 is 10.2 Å². The van der Waals surface area contributed by atoms with Crippen LogP contribution in [-0.4, -0.2) is 43.8 Å². The van der Waals surface area contributed by atoms with Crippen molar-refractivity contribution in [3.8, 4) is 0 Å². The van der Waals surface area contributed by atoms with Gasteiger partial charge in [-0.15, -0.1) is 0 Å². The van der Waals surface area contributed by atoms with E-state index in [2.05, 4.69) is 21.2 Å². The van der Waals surface area contributed by atoms with Gasteiger partial charge in [0.25, 0.3) is 10.0 Å². The molecule has 9 heteroatoms. The molecule has 0 heterocycles. The number of rotatable bonds is 11. The van der Waals surface area contributed by atoms with Crippen molar-refractivity contribution in [2.45, 2.75) is 57.6 Å². The zero-order valence-electron chi connectivity index (χ0n) is 22.1. The molecule has 202 valence electrons. The molecule has 1 N–H and O–H groups in total. The van der Waals surface area contributed by atoms with E-state index in [-0.39, 0.29) is 23.4 Å². The van der Waals surface area contributed by atoms with Gasteiger partial charge in [-0.05, 0) is 69.2 Å². The first-order valence-electron chi connectivity index (χ1n) is 12.5. The smallest absolute Gasteiger partial charge is 0.264 e. The number of nitrogens with one attached hydrogen (secondary N) is 1. The quantitative estimate of drug-likeness (QED) is 0.324. The molecule has 0 unspecified atom stereocenters. The lowest BCUT2D eigenvalue weighted by atomic mass is 10.1. The van der Waals surface area contributed by atoms with Gasteiger partial charge in [0, 0.05) is 17.1 Å². The van der Waals surface area contributed by atoms with Crippen molar-refractivity contribution >= 4 is 43.5 Å². The second-order valence-electron chi connectivity index (χ2n) is 9.30. The Bertz CT molecular complexity index is 1330. The molecule has 0 aliphatic carbocycles. The van der Waals surface area contributed by atoms with E-state index in [9.17, 15) is 18.0 Å². The minimum Gasteiger partial charge on any atom is -0.352 e. The van der Waals surface area contributed by atoms with Crippen molar-refractivity contribution in [1.29, 1.82) is 0 Å². The molecule has 2 atom stereocenters. The molecule has 0 fully saturated rings. The Morgan fingerprint density at radius 1 is 0.921 bits per heavy atom. The molecule has 0 aliphatic rings. The number of nitrogens with zero attached hydrogens (tertiary/aromatic N) is 2. The molecule has 38 heavy (non-hydrogen) atoms. The number of carbonyl (C=O) groups excluding carboxylic acids is 2. The number of benzene rings is 3. The molecule has 0 aromatic heterocycles. The normalized spacial score (nSPS) is 12.9. The van der Waals surface area contributed by atoms with Crippen molar-refractivity contribution in [3.63, 3.8) is 0 Å². The molecular formula is C29H34BrN3O4S. The third-order valence-corrected chi connectivity index (χ3v) is 8.68. The highest BCUT2D eigenvalue weighted by Crippen LogP contribution is 2.25. The van der Waals surface area contributed by atoms with E-state index in [1.54, 1.807) is 49.4 Å². The van der Waals surface area contributed by atoms with Crippen LogP contribution in [0.2, 0.25) is 0 Å². The molecular weight excluding hydrogens is 566 g/mol. The Kier molecular flexibility index (Phi) is 10.1. The number of carbonyl (C=O) groups is 2. The molecule has 7 nitrogen and oxygen atoms in total. The molecule has 3 aromatic rings. The molecule has 3 rings (SSSR count). The highest BCUT2D eigenvalue weighted by Gasteiger charge is 2.32. The van der Waals surface area contributed by atoms with E-state index in [0.717, 1.165) is 26.3 Å². The van der Waals surface area contributed by atoms with Crippen LogP contribution in [0.4, 0.5) is 5.69 Å². The third-order valence-electron chi connectivity index (χ3n) is 6.37. The van der Waals surface area contributed by atoms with Crippen LogP contribution in [0.1, 0.15) is 38.3 Å². The van der Waals surface area contributed by atoms with E-state index in [1.807, 2.05) is 45.0 Å². The summed E-state index contributed by atoms with van der Waals surface area (Å²) in [6, 6.07) is 21.6. The number of sulfonamides is 1. The van der Waals surface area contributed by atoms with Crippen molar-refractivity contribution in [3.05, 3.63) is 94.5 Å². The van der Waals surface area contributed by atoms with Gasteiger partial charge in [0.05, 0.1) is 10.6 Å². The van der Waals surface area contributed by atoms with Crippen LogP contribution >= 0.6 is 15.9 Å². The monoisotopic (exact) mass is 599 g/mol. The summed E-state index contributed by atoms with van der Waals surface area (Å²) in [7, 11) is -4.06. The Labute approximate surface area is 234 Å². The van der Waals surface area contributed by atoms with Gasteiger partial charge in [-0.2, -0.15) is 0 Å². The summed E-state index contributed by atoms with van der Waals surface area (Å²) in [5.74, 6) is -0.780. The summed E-state index contributed by atoms with van der Waals surface area (Å²) in [4.78, 5) is 28.5. The molecule has 0 aliphatic heterocycles. The van der Waals surface area contributed by atoms with Crippen molar-refractivity contribution in [1.82, 2.24) is 10.2 Å². The van der Waals surface area contributed by atoms with Crippen molar-refractivity contribution in [2.24, 2.45) is 0 Å². The first-order valence-corrected chi connectivity index (χ1v) is 14.7. The van der Waals surface area contributed by atoms with Crippen molar-refractivity contribution in [2.75, 3.05) is 10.8 Å². The highest BCUT2D eigenvalue weighted by atomic mass is 79.9. The first kappa shape index (κ1) is 29.4. The van der Waals surface area contributed by atoms with Crippen LogP contribution in [0, 0.1) is 6.92 Å². The second-order valence-corrected chi connectivity index (χ2v) is 12.1. The fourth-order valence-electron chi connectivity index (χ4n) is 3.79. The lowest BCUT2D eigenvalue weighted by Crippen LogP contribution is -2.52. The van der Waals surface area contributed by atoms with Gasteiger partial charge >= 0.3 is 0 Å². The van der Waals surface area contributed by atoms with Gasteiger partial charge in [-0.25, -0.2) is 8.42 Å². The number of amides is 2. The number of halogens is 1. The average molecular weight is 601 g/mol. The summed E-state index contributed by atoms with van der Waals surface area (Å²) in [6.45, 7) is 7.12. The summed E-state index contributed by atoms with van der Waals surface area (Å²) < 4.78 is 29.5. The standard InChI is InChI=1S/C29H34BrN3O4S/c1-5-22(3)31-29(35)23(4)32(19-24-13-15-25(30)16-14-24)28(34)20-33(26-17-11-21(2)12-18-26)38(36,37)27-9-7-6-8-10-27/h6-18,22-23H,5,19-20H2,1-4H3,(H,31,35)/t22-,23+/m1/s1. The maximum Gasteiger partial charge on any atom is 0.264 e. The maximum atomic E-state index is 13.9. The second kappa shape index (κ2) is 13.1. The van der Waals surface area contributed by atoms with Crippen LogP contribution in [0.25, 0.3) is 0 Å². The minimum absolute atomic E-state index is 0.0582. The largest absolute Gasteiger partial charge is 0.352 e. The fourth-order valence-corrected chi connectivity index (χ4v) is 5.49. The van der Waals surface area contributed by atoms with E-state index in [1.165, 1.54) is 17.0 Å². The van der Waals surface area contributed by atoms with E-state index in [4.69, 9.17) is 0 Å². The van der Waals surface area contributed by atoms with E-state index < -0.39 is 28.5 Å². The van der Waals surface area contributed by atoms with Crippen LogP contribution < -0.4 is 9.62 Å². The Morgan fingerprint density at radius 2 is 1.53 bits per heavy atom. The van der Waals surface area contributed by atoms with Crippen molar-refractivity contribution < 1.29 is 18.0 Å². The van der Waals surface area contributed by atoms with Crippen LogP contribution in [0.3, 0.4) is 0 Å².